The fourth-order valence-electron chi connectivity index (χ4n) is 1.67. The van der Waals surface area contributed by atoms with Crippen molar-refractivity contribution < 1.29 is 4.79 Å². The van der Waals surface area contributed by atoms with Crippen LogP contribution in [0.4, 0.5) is 5.69 Å². The molecule has 5 heteroatoms. The van der Waals surface area contributed by atoms with Crippen LogP contribution in [0.5, 0.6) is 0 Å². The van der Waals surface area contributed by atoms with E-state index in [1.807, 2.05) is 54.6 Å². The van der Waals surface area contributed by atoms with Gasteiger partial charge in [-0.05, 0) is 28.8 Å². The molecule has 2 aromatic rings. The molecule has 0 aliphatic rings. The number of carbonyl (C=O) groups excluding carboxylic acids is 1. The van der Waals surface area contributed by atoms with Gasteiger partial charge in [0.1, 0.15) is 6.54 Å². The summed E-state index contributed by atoms with van der Waals surface area (Å²) in [4.78, 5) is 13.9. The Hall–Kier alpha value is -2.78. The SMILES string of the molecule is [N-]=[N+]=NCC(=O)Nc1ccc(-c2ccccc2)cc1. The van der Waals surface area contributed by atoms with E-state index in [2.05, 4.69) is 15.3 Å². The highest BCUT2D eigenvalue weighted by Gasteiger charge is 2.01. The maximum absolute atomic E-state index is 11.4. The molecular formula is C14H12N4O. The van der Waals surface area contributed by atoms with Crippen LogP contribution in [-0.4, -0.2) is 12.5 Å². The molecule has 19 heavy (non-hydrogen) atoms. The van der Waals surface area contributed by atoms with E-state index in [1.165, 1.54) is 0 Å². The Morgan fingerprint density at radius 2 is 1.68 bits per heavy atom. The number of carbonyl (C=O) groups is 1. The van der Waals surface area contributed by atoms with E-state index < -0.39 is 0 Å². The summed E-state index contributed by atoms with van der Waals surface area (Å²) in [5.41, 5.74) is 11.0. The molecule has 1 N–H and O–H groups in total. The lowest BCUT2D eigenvalue weighted by Gasteiger charge is -2.05. The number of hydrogen-bond acceptors (Lipinski definition) is 2. The molecule has 0 aromatic heterocycles. The Labute approximate surface area is 110 Å². The summed E-state index contributed by atoms with van der Waals surface area (Å²) in [6.45, 7) is -0.197. The van der Waals surface area contributed by atoms with Crippen molar-refractivity contribution in [2.75, 3.05) is 11.9 Å². The molecule has 0 unspecified atom stereocenters. The van der Waals surface area contributed by atoms with E-state index in [9.17, 15) is 4.79 Å². The second-order valence-corrected chi connectivity index (χ2v) is 3.88. The van der Waals surface area contributed by atoms with Crippen molar-refractivity contribution in [1.29, 1.82) is 0 Å². The molecule has 0 aliphatic carbocycles. The minimum absolute atomic E-state index is 0.197. The van der Waals surface area contributed by atoms with Crippen molar-refractivity contribution in [2.24, 2.45) is 5.11 Å². The number of rotatable bonds is 4. The van der Waals surface area contributed by atoms with Crippen LogP contribution in [-0.2, 0) is 4.79 Å². The fraction of sp³-hybridized carbons (Fsp3) is 0.0714. The van der Waals surface area contributed by atoms with Crippen molar-refractivity contribution >= 4 is 11.6 Å². The Kier molecular flexibility index (Phi) is 4.16. The minimum Gasteiger partial charge on any atom is -0.326 e. The number of nitrogens with zero attached hydrogens (tertiary/aromatic N) is 3. The molecule has 0 bridgehead atoms. The van der Waals surface area contributed by atoms with Gasteiger partial charge in [-0.3, -0.25) is 4.79 Å². The Bertz CT molecular complexity index is 601. The summed E-state index contributed by atoms with van der Waals surface area (Å²) < 4.78 is 0. The molecule has 0 saturated heterocycles. The molecule has 0 fully saturated rings. The van der Waals surface area contributed by atoms with Crippen molar-refractivity contribution in [3.63, 3.8) is 0 Å². The Balaban J connectivity index is 2.07. The van der Waals surface area contributed by atoms with Crippen LogP contribution in [0.2, 0.25) is 0 Å². The normalized spacial score (nSPS) is 9.47. The highest BCUT2D eigenvalue weighted by molar-refractivity contribution is 5.92. The van der Waals surface area contributed by atoms with Gasteiger partial charge in [-0.25, -0.2) is 0 Å². The summed E-state index contributed by atoms with van der Waals surface area (Å²) in [5.74, 6) is -0.328. The predicted molar refractivity (Wildman–Crippen MR) is 74.5 cm³/mol. The Morgan fingerprint density at radius 3 is 2.32 bits per heavy atom. The van der Waals surface area contributed by atoms with Crippen LogP contribution >= 0.6 is 0 Å². The zero-order valence-electron chi connectivity index (χ0n) is 10.2. The number of anilines is 1. The molecule has 1 amide bonds. The van der Waals surface area contributed by atoms with E-state index in [4.69, 9.17) is 5.53 Å². The molecular weight excluding hydrogens is 240 g/mol. The summed E-state index contributed by atoms with van der Waals surface area (Å²) in [7, 11) is 0. The van der Waals surface area contributed by atoms with E-state index in [1.54, 1.807) is 0 Å². The first kappa shape index (κ1) is 12.7. The predicted octanol–water partition coefficient (Wildman–Crippen LogP) is 3.60. The van der Waals surface area contributed by atoms with Crippen LogP contribution in [0.1, 0.15) is 0 Å². The smallest absolute Gasteiger partial charge is 0.230 e. The number of nitrogens with one attached hydrogen (secondary N) is 1. The van der Waals surface area contributed by atoms with Crippen molar-refractivity contribution in [3.8, 4) is 11.1 Å². The standard InChI is InChI=1S/C14H12N4O/c15-18-16-10-14(19)17-13-8-6-12(7-9-13)11-4-2-1-3-5-11/h1-9H,10H2,(H,17,19). The molecule has 0 heterocycles. The lowest BCUT2D eigenvalue weighted by Crippen LogP contribution is -2.14. The molecule has 0 radical (unpaired) electrons. The average molecular weight is 252 g/mol. The van der Waals surface area contributed by atoms with Crippen molar-refractivity contribution in [2.45, 2.75) is 0 Å². The fourth-order valence-corrected chi connectivity index (χ4v) is 1.67. The van der Waals surface area contributed by atoms with E-state index in [0.29, 0.717) is 5.69 Å². The van der Waals surface area contributed by atoms with Crippen LogP contribution < -0.4 is 5.32 Å². The van der Waals surface area contributed by atoms with Crippen LogP contribution in [0.3, 0.4) is 0 Å². The summed E-state index contributed by atoms with van der Waals surface area (Å²) in [6.07, 6.45) is 0. The van der Waals surface area contributed by atoms with Crippen LogP contribution in [0.15, 0.2) is 59.7 Å². The summed E-state index contributed by atoms with van der Waals surface area (Å²) >= 11 is 0. The zero-order chi connectivity index (χ0) is 13.5. The van der Waals surface area contributed by atoms with Crippen LogP contribution in [0, 0.1) is 0 Å². The second-order valence-electron chi connectivity index (χ2n) is 3.88. The maximum atomic E-state index is 11.4. The lowest BCUT2D eigenvalue weighted by molar-refractivity contribution is -0.114. The van der Waals surface area contributed by atoms with E-state index in [0.717, 1.165) is 11.1 Å². The van der Waals surface area contributed by atoms with E-state index >= 15 is 0 Å². The molecule has 5 nitrogen and oxygen atoms in total. The monoisotopic (exact) mass is 252 g/mol. The van der Waals surface area contributed by atoms with Gasteiger partial charge in [0.2, 0.25) is 5.91 Å². The highest BCUT2D eigenvalue weighted by atomic mass is 16.1. The second kappa shape index (κ2) is 6.23. The van der Waals surface area contributed by atoms with Gasteiger partial charge in [0.15, 0.2) is 0 Å². The number of benzene rings is 2. The van der Waals surface area contributed by atoms with Gasteiger partial charge in [0, 0.05) is 10.6 Å². The Morgan fingerprint density at radius 1 is 1.05 bits per heavy atom. The summed E-state index contributed by atoms with van der Waals surface area (Å²) in [6, 6.07) is 17.5. The largest absolute Gasteiger partial charge is 0.326 e. The zero-order valence-corrected chi connectivity index (χ0v) is 10.2. The van der Waals surface area contributed by atoms with Crippen molar-refractivity contribution in [3.05, 3.63) is 65.0 Å². The number of hydrogen-bond donors (Lipinski definition) is 1. The molecule has 0 atom stereocenters. The third-order valence-corrected chi connectivity index (χ3v) is 2.55. The quantitative estimate of drug-likeness (QED) is 0.503. The average Bonchev–Trinajstić information content (AvgIpc) is 2.47. The molecule has 0 spiro atoms. The van der Waals surface area contributed by atoms with Gasteiger partial charge < -0.3 is 5.32 Å². The van der Waals surface area contributed by atoms with Gasteiger partial charge in [0.05, 0.1) is 0 Å². The van der Waals surface area contributed by atoms with Crippen LogP contribution in [0.25, 0.3) is 21.6 Å². The summed E-state index contributed by atoms with van der Waals surface area (Å²) in [5, 5.41) is 5.85. The topological polar surface area (TPSA) is 77.9 Å². The molecule has 0 aliphatic heterocycles. The van der Waals surface area contributed by atoms with Crippen molar-refractivity contribution in [1.82, 2.24) is 0 Å². The molecule has 2 rings (SSSR count). The van der Waals surface area contributed by atoms with Gasteiger partial charge in [-0.2, -0.15) is 0 Å². The third kappa shape index (κ3) is 3.59. The number of amides is 1. The molecule has 2 aromatic carbocycles. The highest BCUT2D eigenvalue weighted by Crippen LogP contribution is 2.20. The molecule has 0 saturated carbocycles. The first-order valence-electron chi connectivity index (χ1n) is 5.76. The molecule has 94 valence electrons. The van der Waals surface area contributed by atoms with Gasteiger partial charge in [0.25, 0.3) is 0 Å². The van der Waals surface area contributed by atoms with E-state index in [-0.39, 0.29) is 12.5 Å². The van der Waals surface area contributed by atoms with Gasteiger partial charge >= 0.3 is 0 Å². The van der Waals surface area contributed by atoms with Gasteiger partial charge in [-0.15, -0.1) is 0 Å². The lowest BCUT2D eigenvalue weighted by atomic mass is 10.1. The minimum atomic E-state index is -0.328. The first-order valence-corrected chi connectivity index (χ1v) is 5.76. The van der Waals surface area contributed by atoms with Gasteiger partial charge in [-0.1, -0.05) is 47.6 Å². The maximum Gasteiger partial charge on any atom is 0.230 e. The third-order valence-electron chi connectivity index (χ3n) is 2.55. The first-order chi connectivity index (χ1) is 9.29. The number of azide groups is 1.